The van der Waals surface area contributed by atoms with Crippen molar-refractivity contribution in [2.45, 2.75) is 18.3 Å². The van der Waals surface area contributed by atoms with E-state index in [9.17, 15) is 0 Å². The van der Waals surface area contributed by atoms with Crippen LogP contribution in [0.25, 0.3) is 0 Å². The third kappa shape index (κ3) is 2.11. The molecule has 0 radical (unpaired) electrons. The van der Waals surface area contributed by atoms with Crippen molar-refractivity contribution in [3.63, 3.8) is 0 Å². The molecule has 1 heterocycles. The first-order chi connectivity index (χ1) is 10.5. The minimum Gasteiger partial charge on any atom is -0.453 e. The van der Waals surface area contributed by atoms with Gasteiger partial charge in [-0.3, -0.25) is 0 Å². The second kappa shape index (κ2) is 4.85. The number of benzene rings is 2. The van der Waals surface area contributed by atoms with Gasteiger partial charge in [0.05, 0.1) is 15.1 Å². The summed E-state index contributed by atoms with van der Waals surface area (Å²) in [5.41, 5.74) is 8.62. The largest absolute Gasteiger partial charge is 0.453 e. The lowest BCUT2D eigenvalue weighted by atomic mass is 9.98. The number of halogens is 3. The Balaban J connectivity index is 1.77. The Kier molecular flexibility index (Phi) is 3.16. The van der Waals surface area contributed by atoms with Gasteiger partial charge in [-0.2, -0.15) is 0 Å². The molecule has 0 bridgehead atoms. The molecule has 0 saturated heterocycles. The second-order valence-electron chi connectivity index (χ2n) is 5.85. The van der Waals surface area contributed by atoms with Crippen LogP contribution in [0.4, 0.5) is 11.4 Å². The lowest BCUT2D eigenvalue weighted by molar-refractivity contribution is 0.482. The third-order valence-corrected chi connectivity index (χ3v) is 5.28. The molecule has 1 fully saturated rings. The quantitative estimate of drug-likeness (QED) is 0.701. The van der Waals surface area contributed by atoms with Crippen LogP contribution in [-0.4, -0.2) is 6.54 Å². The van der Waals surface area contributed by atoms with Gasteiger partial charge in [0.25, 0.3) is 0 Å². The van der Waals surface area contributed by atoms with Crippen molar-refractivity contribution in [3.8, 4) is 11.5 Å². The number of fused-ring (bicyclic) bond motifs is 2. The normalized spacial score (nSPS) is 17.2. The van der Waals surface area contributed by atoms with E-state index in [1.165, 1.54) is 0 Å². The number of nitrogens with two attached hydrogens (primary N) is 1. The topological polar surface area (TPSA) is 47.3 Å². The highest BCUT2D eigenvalue weighted by Crippen LogP contribution is 2.58. The molecule has 3 nitrogen and oxygen atoms in total. The fraction of sp³-hybridized carbons (Fsp3) is 0.250. The van der Waals surface area contributed by atoms with Crippen LogP contribution in [0.3, 0.4) is 0 Å². The molecule has 2 aliphatic rings. The molecule has 1 aliphatic heterocycles. The van der Waals surface area contributed by atoms with Gasteiger partial charge >= 0.3 is 0 Å². The van der Waals surface area contributed by atoms with Crippen molar-refractivity contribution in [1.82, 2.24) is 0 Å². The van der Waals surface area contributed by atoms with Crippen LogP contribution in [0.1, 0.15) is 18.4 Å². The fourth-order valence-corrected chi connectivity index (χ4v) is 4.00. The smallest absolute Gasteiger partial charge is 0.164 e. The van der Waals surface area contributed by atoms with Gasteiger partial charge < -0.3 is 15.8 Å². The summed E-state index contributed by atoms with van der Waals surface area (Å²) in [6, 6.07) is 7.03. The minimum atomic E-state index is 0.181. The molecule has 0 aromatic heterocycles. The average Bonchev–Trinajstić information content (AvgIpc) is 3.12. The van der Waals surface area contributed by atoms with Gasteiger partial charge in [-0.25, -0.2) is 0 Å². The van der Waals surface area contributed by atoms with Crippen LogP contribution >= 0.6 is 34.8 Å². The number of anilines is 2. The van der Waals surface area contributed by atoms with Gasteiger partial charge in [-0.1, -0.05) is 34.8 Å². The van der Waals surface area contributed by atoms with E-state index in [4.69, 9.17) is 45.3 Å². The average molecular weight is 356 g/mol. The molecule has 4 rings (SSSR count). The van der Waals surface area contributed by atoms with E-state index in [0.717, 1.165) is 30.6 Å². The van der Waals surface area contributed by atoms with Gasteiger partial charge in [-0.05, 0) is 37.1 Å². The van der Waals surface area contributed by atoms with E-state index in [-0.39, 0.29) is 5.41 Å². The Labute approximate surface area is 143 Å². The first kappa shape index (κ1) is 14.3. The summed E-state index contributed by atoms with van der Waals surface area (Å²) >= 11 is 18.9. The Morgan fingerprint density at radius 3 is 2.41 bits per heavy atom. The fourth-order valence-electron chi connectivity index (χ4n) is 3.02. The Morgan fingerprint density at radius 2 is 1.77 bits per heavy atom. The van der Waals surface area contributed by atoms with Gasteiger partial charge in [0.15, 0.2) is 5.75 Å². The zero-order chi connectivity index (χ0) is 15.5. The molecule has 0 amide bonds. The summed E-state index contributed by atoms with van der Waals surface area (Å²) in [5.74, 6) is 0.930. The van der Waals surface area contributed by atoms with Gasteiger partial charge in [0, 0.05) is 28.9 Å². The number of rotatable bonds is 2. The summed E-state index contributed by atoms with van der Waals surface area (Å²) in [6.45, 7) is 0.939. The molecule has 0 unspecified atom stereocenters. The van der Waals surface area contributed by atoms with Crippen LogP contribution in [0.5, 0.6) is 11.5 Å². The van der Waals surface area contributed by atoms with E-state index < -0.39 is 0 Å². The van der Waals surface area contributed by atoms with E-state index in [1.807, 2.05) is 12.1 Å². The Bertz CT molecular complexity index is 764. The highest BCUT2D eigenvalue weighted by molar-refractivity contribution is 6.38. The lowest BCUT2D eigenvalue weighted by Crippen LogP contribution is -2.08. The summed E-state index contributed by atoms with van der Waals surface area (Å²) in [6.07, 6.45) is 2.30. The zero-order valence-electron chi connectivity index (χ0n) is 11.6. The van der Waals surface area contributed by atoms with E-state index in [0.29, 0.717) is 32.3 Å². The number of hydrogen-bond donors (Lipinski definition) is 2. The van der Waals surface area contributed by atoms with Gasteiger partial charge in [0.2, 0.25) is 0 Å². The lowest BCUT2D eigenvalue weighted by Gasteiger charge is -2.15. The summed E-state index contributed by atoms with van der Waals surface area (Å²) < 4.78 is 5.89. The van der Waals surface area contributed by atoms with Crippen molar-refractivity contribution >= 4 is 46.2 Å². The molecule has 1 saturated carbocycles. The molecule has 0 atom stereocenters. The maximum Gasteiger partial charge on any atom is 0.164 e. The van der Waals surface area contributed by atoms with E-state index in [1.54, 1.807) is 12.1 Å². The van der Waals surface area contributed by atoms with Crippen LogP contribution in [-0.2, 0) is 5.41 Å². The monoisotopic (exact) mass is 354 g/mol. The van der Waals surface area contributed by atoms with Gasteiger partial charge in [0.1, 0.15) is 5.75 Å². The molecular weight excluding hydrogens is 343 g/mol. The number of hydrogen-bond acceptors (Lipinski definition) is 3. The second-order valence-corrected chi connectivity index (χ2v) is 7.04. The summed E-state index contributed by atoms with van der Waals surface area (Å²) in [5, 5.41) is 4.76. The molecule has 1 spiro atoms. The van der Waals surface area contributed by atoms with Crippen molar-refractivity contribution in [2.24, 2.45) is 0 Å². The number of nitrogens with one attached hydrogen (secondary N) is 1. The number of ether oxygens (including phenoxy) is 1. The molecule has 2 aromatic rings. The Morgan fingerprint density at radius 1 is 1.09 bits per heavy atom. The summed E-state index contributed by atoms with van der Waals surface area (Å²) in [7, 11) is 0. The van der Waals surface area contributed by atoms with Crippen LogP contribution in [0.15, 0.2) is 24.3 Å². The zero-order valence-corrected chi connectivity index (χ0v) is 13.8. The van der Waals surface area contributed by atoms with Crippen LogP contribution < -0.4 is 15.8 Å². The number of nitrogen functional groups attached to an aromatic ring is 1. The molecule has 6 heteroatoms. The van der Waals surface area contributed by atoms with Crippen LogP contribution in [0, 0.1) is 0 Å². The summed E-state index contributed by atoms with van der Waals surface area (Å²) in [4.78, 5) is 0. The molecule has 1 aliphatic carbocycles. The molecule has 114 valence electrons. The molecule has 2 aromatic carbocycles. The predicted octanol–water partition coefficient (Wildman–Crippen LogP) is 5.48. The maximum atomic E-state index is 6.59. The first-order valence-electron chi connectivity index (χ1n) is 6.99. The van der Waals surface area contributed by atoms with Crippen molar-refractivity contribution in [2.75, 3.05) is 17.6 Å². The maximum absolute atomic E-state index is 6.59. The van der Waals surface area contributed by atoms with Crippen molar-refractivity contribution < 1.29 is 4.74 Å². The standard InChI is InChI=1S/C16H13Cl3N2O/c17-9-5-8(20)6-10(18)15(9)22-12-2-1-11-13(14(12)19)16(3-4-16)7-21-11/h1-2,5-6,21H,3-4,7,20H2. The molecule has 3 N–H and O–H groups in total. The van der Waals surface area contributed by atoms with Crippen molar-refractivity contribution in [1.29, 1.82) is 0 Å². The Hall–Kier alpha value is -1.29. The van der Waals surface area contributed by atoms with Gasteiger partial charge in [-0.15, -0.1) is 0 Å². The first-order valence-corrected chi connectivity index (χ1v) is 8.13. The minimum absolute atomic E-state index is 0.181. The third-order valence-electron chi connectivity index (χ3n) is 4.34. The predicted molar refractivity (Wildman–Crippen MR) is 91.8 cm³/mol. The van der Waals surface area contributed by atoms with E-state index >= 15 is 0 Å². The molecule has 22 heavy (non-hydrogen) atoms. The van der Waals surface area contributed by atoms with Crippen molar-refractivity contribution in [3.05, 3.63) is 44.9 Å². The molecular formula is C16H13Cl3N2O. The highest BCUT2D eigenvalue weighted by atomic mass is 35.5. The van der Waals surface area contributed by atoms with Crippen LogP contribution in [0.2, 0.25) is 15.1 Å². The highest BCUT2D eigenvalue weighted by Gasteiger charge is 2.50. The van der Waals surface area contributed by atoms with E-state index in [2.05, 4.69) is 5.32 Å². The SMILES string of the molecule is Nc1cc(Cl)c(Oc2ccc3c(c2Cl)C2(CC2)CN3)c(Cl)c1.